The van der Waals surface area contributed by atoms with Crippen LogP contribution in [0.2, 0.25) is 0 Å². The molecule has 1 saturated heterocycles. The van der Waals surface area contributed by atoms with Crippen LogP contribution in [0.5, 0.6) is 5.75 Å². The molecule has 13 nitrogen and oxygen atoms in total. The number of ether oxygens (including phenoxy) is 2. The van der Waals surface area contributed by atoms with Gasteiger partial charge in [0.15, 0.2) is 6.23 Å². The molecule has 6 atom stereocenters. The fourth-order valence-corrected chi connectivity index (χ4v) is 4.73. The van der Waals surface area contributed by atoms with Gasteiger partial charge in [-0.3, -0.25) is 23.7 Å². The smallest absolute Gasteiger partial charge is 0.459 e. The minimum Gasteiger partial charge on any atom is -0.462 e. The molecule has 0 bridgehead atoms. The third-order valence-electron chi connectivity index (χ3n) is 4.96. The summed E-state index contributed by atoms with van der Waals surface area (Å²) in [5, 5.41) is 23.0. The molecule has 0 spiro atoms. The summed E-state index contributed by atoms with van der Waals surface area (Å²) in [5.41, 5.74) is -1.77. The zero-order valence-electron chi connectivity index (χ0n) is 19.6. The second-order valence-corrected chi connectivity index (χ2v) is 9.95. The summed E-state index contributed by atoms with van der Waals surface area (Å²) in [6.07, 6.45) is -5.50. The van der Waals surface area contributed by atoms with Crippen molar-refractivity contribution < 1.29 is 42.5 Å². The first-order valence-corrected chi connectivity index (χ1v) is 12.4. The van der Waals surface area contributed by atoms with E-state index >= 15 is 4.39 Å². The Labute approximate surface area is 204 Å². The molecule has 36 heavy (non-hydrogen) atoms. The highest BCUT2D eigenvalue weighted by Gasteiger charge is 2.57. The van der Waals surface area contributed by atoms with Crippen molar-refractivity contribution in [2.75, 3.05) is 6.61 Å². The number of alkyl halides is 1. The molecule has 0 radical (unpaired) electrons. The number of aliphatic hydroxyl groups excluding tert-OH is 2. The van der Waals surface area contributed by atoms with E-state index in [2.05, 4.69) is 5.09 Å². The lowest BCUT2D eigenvalue weighted by Crippen LogP contribution is -2.44. The lowest BCUT2D eigenvalue weighted by Gasteiger charge is -2.27. The summed E-state index contributed by atoms with van der Waals surface area (Å²) < 4.78 is 50.5. The summed E-state index contributed by atoms with van der Waals surface area (Å²) in [6, 6.07) is 7.38. The van der Waals surface area contributed by atoms with E-state index in [4.69, 9.17) is 18.5 Å². The number of para-hydroxylation sites is 1. The molecule has 1 aliphatic heterocycles. The Balaban J connectivity index is 1.81. The van der Waals surface area contributed by atoms with Crippen LogP contribution in [0.4, 0.5) is 4.39 Å². The Morgan fingerprint density at radius 2 is 1.92 bits per heavy atom. The van der Waals surface area contributed by atoms with Crippen LogP contribution in [-0.2, 0) is 23.4 Å². The number of nitrogens with zero attached hydrogens (tertiary/aromatic N) is 1. The first kappa shape index (κ1) is 27.7. The van der Waals surface area contributed by atoms with Crippen LogP contribution in [-0.4, -0.2) is 62.5 Å². The van der Waals surface area contributed by atoms with Gasteiger partial charge in [-0.2, -0.15) is 5.09 Å². The van der Waals surface area contributed by atoms with Crippen LogP contribution in [0.15, 0.2) is 52.2 Å². The zero-order chi connectivity index (χ0) is 26.7. The summed E-state index contributed by atoms with van der Waals surface area (Å²) in [6.45, 7) is 3.30. The van der Waals surface area contributed by atoms with Crippen molar-refractivity contribution in [2.45, 2.75) is 57.2 Å². The van der Waals surface area contributed by atoms with Crippen molar-refractivity contribution in [1.82, 2.24) is 14.6 Å². The number of hydrogen-bond donors (Lipinski definition) is 4. The first-order chi connectivity index (χ1) is 16.8. The molecule has 2 aromatic rings. The van der Waals surface area contributed by atoms with Gasteiger partial charge in [-0.1, -0.05) is 18.2 Å². The van der Waals surface area contributed by atoms with E-state index in [1.807, 2.05) is 4.98 Å². The van der Waals surface area contributed by atoms with E-state index in [1.165, 1.54) is 19.1 Å². The number of aromatic nitrogens is 2. The third-order valence-corrected chi connectivity index (χ3v) is 6.58. The summed E-state index contributed by atoms with van der Waals surface area (Å²) in [4.78, 5) is 37.4. The number of aliphatic hydroxyl groups is 2. The van der Waals surface area contributed by atoms with E-state index in [0.717, 1.165) is 12.3 Å². The van der Waals surface area contributed by atoms with Gasteiger partial charge in [0.2, 0.25) is 0 Å². The summed E-state index contributed by atoms with van der Waals surface area (Å²) in [7, 11) is -4.52. The molecule has 0 aliphatic carbocycles. The quantitative estimate of drug-likeness (QED) is 0.249. The topological polar surface area (TPSA) is 178 Å². The largest absolute Gasteiger partial charge is 0.462 e. The number of benzene rings is 1. The number of hydrogen-bond acceptors (Lipinski definition) is 10. The van der Waals surface area contributed by atoms with Gasteiger partial charge in [0.05, 0.1) is 6.10 Å². The molecular weight excluding hydrogens is 504 g/mol. The second kappa shape index (κ2) is 11.0. The molecular formula is C21H27FN3O10P. The number of carbonyl (C=O) groups is 1. The minimum atomic E-state index is -4.52. The number of halogens is 1. The van der Waals surface area contributed by atoms with Crippen molar-refractivity contribution in [2.24, 2.45) is 0 Å². The lowest BCUT2D eigenvalue weighted by atomic mass is 10.1. The van der Waals surface area contributed by atoms with Gasteiger partial charge in [0.25, 0.3) is 11.4 Å². The van der Waals surface area contributed by atoms with Crippen LogP contribution < -0.4 is 20.9 Å². The highest BCUT2D eigenvalue weighted by atomic mass is 31.2. The van der Waals surface area contributed by atoms with Crippen molar-refractivity contribution >= 4 is 13.7 Å². The molecule has 1 fully saturated rings. The molecule has 4 N–H and O–H groups in total. The Morgan fingerprint density at radius 3 is 2.53 bits per heavy atom. The standard InChI is InChI=1S/C21H27FN3O10P/c1-12(2)33-19(29)13(3)24-36(31,35-14-7-5-4-6-8-14)32-11-21(22)17(28)16(27)18(34-21)25-10-9-15(26)23-20(25)30/h4-10,12-13,16-18,27-28H,11H2,1-3H3,(H,24,31)(H,23,26,30)/t13-,16+,17-,18?,21+,36+/m0/s1. The molecule has 1 unspecified atom stereocenters. The monoisotopic (exact) mass is 531 g/mol. The van der Waals surface area contributed by atoms with Gasteiger partial charge < -0.3 is 24.2 Å². The number of H-pyrrole nitrogens is 1. The summed E-state index contributed by atoms with van der Waals surface area (Å²) >= 11 is 0. The number of rotatable bonds is 10. The van der Waals surface area contributed by atoms with E-state index in [-0.39, 0.29) is 5.75 Å². The predicted octanol–water partition coefficient (Wildman–Crippen LogP) is 0.586. The molecule has 3 rings (SSSR count). The summed E-state index contributed by atoms with van der Waals surface area (Å²) in [5.74, 6) is -3.90. The first-order valence-electron chi connectivity index (χ1n) is 10.9. The molecule has 1 aliphatic rings. The van der Waals surface area contributed by atoms with Crippen LogP contribution >= 0.6 is 7.75 Å². The van der Waals surface area contributed by atoms with Crippen molar-refractivity contribution in [3.63, 3.8) is 0 Å². The van der Waals surface area contributed by atoms with Crippen molar-refractivity contribution in [3.8, 4) is 5.75 Å². The lowest BCUT2D eigenvalue weighted by molar-refractivity contribution is -0.204. The highest BCUT2D eigenvalue weighted by Crippen LogP contribution is 2.48. The predicted molar refractivity (Wildman–Crippen MR) is 122 cm³/mol. The Bertz CT molecular complexity index is 1220. The molecule has 198 valence electrons. The molecule has 0 saturated carbocycles. The number of nitrogens with one attached hydrogen (secondary N) is 2. The van der Waals surface area contributed by atoms with E-state index in [1.54, 1.807) is 32.0 Å². The minimum absolute atomic E-state index is 0.0521. The van der Waals surface area contributed by atoms with Crippen LogP contribution in [0.25, 0.3) is 0 Å². The van der Waals surface area contributed by atoms with E-state index in [9.17, 15) is 29.2 Å². The highest BCUT2D eigenvalue weighted by molar-refractivity contribution is 7.52. The second-order valence-electron chi connectivity index (χ2n) is 8.26. The molecule has 1 aromatic heterocycles. The number of carbonyl (C=O) groups excluding carboxylic acids is 1. The fraction of sp³-hybridized carbons (Fsp3) is 0.476. The van der Waals surface area contributed by atoms with Crippen molar-refractivity contribution in [3.05, 3.63) is 63.4 Å². The Morgan fingerprint density at radius 1 is 1.25 bits per heavy atom. The SMILES string of the molecule is CC(C)OC(=O)[C@H](C)N[P@@](=O)(OC[C@@]1(F)OC(n2ccc(=O)[nH]c2=O)[C@H](O)[C@@H]1O)Oc1ccccc1. The van der Waals surface area contributed by atoms with Crippen LogP contribution in [0.1, 0.15) is 27.0 Å². The fourth-order valence-electron chi connectivity index (χ4n) is 3.23. The maximum absolute atomic E-state index is 15.6. The van der Waals surface area contributed by atoms with E-state index < -0.39 is 68.0 Å². The Kier molecular flexibility index (Phi) is 8.49. The van der Waals surface area contributed by atoms with Crippen molar-refractivity contribution in [1.29, 1.82) is 0 Å². The van der Waals surface area contributed by atoms with Crippen LogP contribution in [0, 0.1) is 0 Å². The van der Waals surface area contributed by atoms with Gasteiger partial charge in [-0.05, 0) is 32.9 Å². The average Bonchev–Trinajstić information content (AvgIpc) is 3.02. The molecule has 2 heterocycles. The normalized spacial score (nSPS) is 26.4. The number of aromatic amines is 1. The van der Waals surface area contributed by atoms with E-state index in [0.29, 0.717) is 4.57 Å². The van der Waals surface area contributed by atoms with Gasteiger partial charge in [-0.25, -0.2) is 13.8 Å². The Hall–Kier alpha value is -2.87. The molecule has 1 aromatic carbocycles. The maximum Gasteiger partial charge on any atom is 0.459 e. The van der Waals surface area contributed by atoms with Crippen LogP contribution in [0.3, 0.4) is 0 Å². The van der Waals surface area contributed by atoms with Gasteiger partial charge in [-0.15, -0.1) is 0 Å². The zero-order valence-corrected chi connectivity index (χ0v) is 20.5. The molecule has 0 amide bonds. The third kappa shape index (κ3) is 6.46. The van der Waals surface area contributed by atoms with Gasteiger partial charge >= 0.3 is 19.4 Å². The molecule has 15 heteroatoms. The van der Waals surface area contributed by atoms with Gasteiger partial charge in [0, 0.05) is 12.3 Å². The van der Waals surface area contributed by atoms with Gasteiger partial charge in [0.1, 0.15) is 30.6 Å². The average molecular weight is 531 g/mol. The number of esters is 1. The maximum atomic E-state index is 15.6.